The quantitative estimate of drug-likeness (QED) is 0.486. The molecule has 7 heteroatoms. The molecular formula is C21H18F4O2S. The normalized spacial score (nSPS) is 18.2. The lowest BCUT2D eigenvalue weighted by molar-refractivity contribution is 0.441. The minimum atomic E-state index is -3.97. The highest BCUT2D eigenvalue weighted by Gasteiger charge is 2.48. The number of halogens is 4. The Labute approximate surface area is 160 Å². The highest BCUT2D eigenvalue weighted by molar-refractivity contribution is 7.91. The molecule has 2 aromatic rings. The zero-order chi connectivity index (χ0) is 20.3. The first-order valence-corrected chi connectivity index (χ1v) is 10.6. The molecule has 2 aromatic carbocycles. The van der Waals surface area contributed by atoms with E-state index in [4.69, 9.17) is 0 Å². The summed E-state index contributed by atoms with van der Waals surface area (Å²) in [6.07, 6.45) is 3.17. The molecule has 2 aliphatic rings. The van der Waals surface area contributed by atoms with Gasteiger partial charge in [0.2, 0.25) is 9.84 Å². The van der Waals surface area contributed by atoms with Crippen LogP contribution < -0.4 is 0 Å². The van der Waals surface area contributed by atoms with Crippen molar-refractivity contribution >= 4 is 21.0 Å². The predicted octanol–water partition coefficient (Wildman–Crippen LogP) is 5.60. The molecule has 148 valence electrons. The molecule has 28 heavy (non-hydrogen) atoms. The number of allylic oxidation sites excluding steroid dienone is 2. The van der Waals surface area contributed by atoms with E-state index >= 15 is 0 Å². The number of hydrogen-bond acceptors (Lipinski definition) is 2. The first-order chi connectivity index (χ1) is 13.2. The fourth-order valence-electron chi connectivity index (χ4n) is 3.97. The molecule has 0 aliphatic heterocycles. The van der Waals surface area contributed by atoms with Crippen molar-refractivity contribution < 1.29 is 26.0 Å². The Morgan fingerprint density at radius 3 is 2.11 bits per heavy atom. The van der Waals surface area contributed by atoms with E-state index in [0.717, 1.165) is 18.4 Å². The standard InChI is InChI=1S/C21H18F4O2S/c1-12-8-15(19(24)20(25)18(12)23)17-10-21(6-7-21)9-16(17)13-2-4-14(5-3-13)28(26,27)11-22/h2-5,8H,6-7,9-11H2,1H3. The average Bonchev–Trinajstić information content (AvgIpc) is 3.34. The summed E-state index contributed by atoms with van der Waals surface area (Å²) in [5, 5.41) is 0. The fraction of sp³-hybridized carbons (Fsp3) is 0.333. The zero-order valence-electron chi connectivity index (χ0n) is 15.2. The molecule has 0 heterocycles. The monoisotopic (exact) mass is 410 g/mol. The highest BCUT2D eigenvalue weighted by atomic mass is 32.2. The Morgan fingerprint density at radius 2 is 1.54 bits per heavy atom. The molecule has 0 N–H and O–H groups in total. The summed E-state index contributed by atoms with van der Waals surface area (Å²) < 4.78 is 78.3. The minimum absolute atomic E-state index is 0.0135. The molecule has 1 spiro atoms. The van der Waals surface area contributed by atoms with Crippen LogP contribution >= 0.6 is 0 Å². The van der Waals surface area contributed by atoms with Gasteiger partial charge in [0.25, 0.3) is 0 Å². The Balaban J connectivity index is 1.84. The van der Waals surface area contributed by atoms with E-state index in [2.05, 4.69) is 0 Å². The van der Waals surface area contributed by atoms with Crippen molar-refractivity contribution in [2.45, 2.75) is 37.5 Å². The maximum Gasteiger partial charge on any atom is 0.207 e. The van der Waals surface area contributed by atoms with E-state index in [-0.39, 0.29) is 21.4 Å². The van der Waals surface area contributed by atoms with Crippen LogP contribution in [-0.2, 0) is 9.84 Å². The van der Waals surface area contributed by atoms with E-state index in [1.165, 1.54) is 25.1 Å². The van der Waals surface area contributed by atoms with Gasteiger partial charge in [0.15, 0.2) is 23.5 Å². The molecule has 0 atom stereocenters. The third kappa shape index (κ3) is 3.05. The molecule has 0 radical (unpaired) electrons. The van der Waals surface area contributed by atoms with Crippen LogP contribution in [0.15, 0.2) is 35.2 Å². The molecule has 2 aliphatic carbocycles. The summed E-state index contributed by atoms with van der Waals surface area (Å²) in [4.78, 5) is -0.130. The van der Waals surface area contributed by atoms with Crippen LogP contribution in [0.5, 0.6) is 0 Å². The van der Waals surface area contributed by atoms with Gasteiger partial charge < -0.3 is 0 Å². The lowest BCUT2D eigenvalue weighted by Crippen LogP contribution is -2.03. The molecule has 1 fully saturated rings. The highest BCUT2D eigenvalue weighted by Crippen LogP contribution is 2.63. The Kier molecular flexibility index (Phi) is 4.41. The minimum Gasteiger partial charge on any atom is -0.233 e. The van der Waals surface area contributed by atoms with Gasteiger partial charge in [-0.25, -0.2) is 26.0 Å². The maximum absolute atomic E-state index is 14.6. The van der Waals surface area contributed by atoms with Crippen LogP contribution in [0.4, 0.5) is 17.6 Å². The largest absolute Gasteiger partial charge is 0.233 e. The lowest BCUT2D eigenvalue weighted by atomic mass is 9.95. The summed E-state index contributed by atoms with van der Waals surface area (Å²) in [5.41, 5.74) is 2.19. The van der Waals surface area contributed by atoms with Gasteiger partial charge in [-0.3, -0.25) is 0 Å². The van der Waals surface area contributed by atoms with E-state index in [9.17, 15) is 26.0 Å². The van der Waals surface area contributed by atoms with E-state index in [1.54, 1.807) is 12.1 Å². The molecule has 4 rings (SSSR count). The molecule has 0 amide bonds. The van der Waals surface area contributed by atoms with Gasteiger partial charge in [-0.05, 0) is 78.5 Å². The second-order valence-corrected chi connectivity index (χ2v) is 9.66. The average molecular weight is 410 g/mol. The first-order valence-electron chi connectivity index (χ1n) is 8.93. The third-order valence-electron chi connectivity index (χ3n) is 5.78. The lowest BCUT2D eigenvalue weighted by Gasteiger charge is -2.12. The van der Waals surface area contributed by atoms with Crippen LogP contribution in [-0.4, -0.2) is 14.4 Å². The summed E-state index contributed by atoms with van der Waals surface area (Å²) >= 11 is 0. The number of hydrogen-bond donors (Lipinski definition) is 0. The molecule has 2 nitrogen and oxygen atoms in total. The van der Waals surface area contributed by atoms with Gasteiger partial charge in [-0.15, -0.1) is 0 Å². The number of sulfone groups is 1. The van der Waals surface area contributed by atoms with Crippen molar-refractivity contribution in [2.75, 3.05) is 6.01 Å². The third-order valence-corrected chi connectivity index (χ3v) is 7.06. The second-order valence-electron chi connectivity index (χ2n) is 7.74. The van der Waals surface area contributed by atoms with Crippen molar-refractivity contribution in [3.05, 3.63) is 64.5 Å². The van der Waals surface area contributed by atoms with Crippen LogP contribution in [0.3, 0.4) is 0 Å². The summed E-state index contributed by atoms with van der Waals surface area (Å²) in [6, 6.07) is 5.60. The van der Waals surface area contributed by atoms with Gasteiger partial charge in [0.05, 0.1) is 4.90 Å². The number of alkyl halides is 1. The van der Waals surface area contributed by atoms with Crippen LogP contribution in [0.2, 0.25) is 0 Å². The predicted molar refractivity (Wildman–Crippen MR) is 98.4 cm³/mol. The topological polar surface area (TPSA) is 34.1 Å². The van der Waals surface area contributed by atoms with Crippen molar-refractivity contribution in [3.8, 4) is 0 Å². The van der Waals surface area contributed by atoms with Gasteiger partial charge in [-0.1, -0.05) is 12.1 Å². The first kappa shape index (κ1) is 19.2. The molecule has 0 bridgehead atoms. The smallest absolute Gasteiger partial charge is 0.207 e. The SMILES string of the molecule is Cc1cc(C2=C(c3ccc(S(=O)(=O)CF)cc3)CC3(CC3)C2)c(F)c(F)c1F. The Hall–Kier alpha value is -2.15. The number of benzene rings is 2. The van der Waals surface area contributed by atoms with Crippen LogP contribution in [0.1, 0.15) is 42.4 Å². The van der Waals surface area contributed by atoms with E-state index in [1.807, 2.05) is 0 Å². The van der Waals surface area contributed by atoms with Crippen molar-refractivity contribution in [1.82, 2.24) is 0 Å². The maximum atomic E-state index is 14.6. The van der Waals surface area contributed by atoms with Gasteiger partial charge in [0, 0.05) is 5.56 Å². The van der Waals surface area contributed by atoms with Gasteiger partial charge in [0.1, 0.15) is 0 Å². The molecule has 0 saturated heterocycles. The van der Waals surface area contributed by atoms with Gasteiger partial charge >= 0.3 is 0 Å². The molecule has 0 unspecified atom stereocenters. The van der Waals surface area contributed by atoms with Gasteiger partial charge in [-0.2, -0.15) is 0 Å². The van der Waals surface area contributed by atoms with E-state index in [0.29, 0.717) is 24.0 Å². The Morgan fingerprint density at radius 1 is 0.929 bits per heavy atom. The van der Waals surface area contributed by atoms with E-state index < -0.39 is 33.3 Å². The van der Waals surface area contributed by atoms with Crippen molar-refractivity contribution in [3.63, 3.8) is 0 Å². The van der Waals surface area contributed by atoms with Crippen LogP contribution in [0.25, 0.3) is 11.1 Å². The summed E-state index contributed by atoms with van der Waals surface area (Å²) in [7, 11) is -3.97. The fourth-order valence-corrected chi connectivity index (χ4v) is 4.64. The van der Waals surface area contributed by atoms with Crippen LogP contribution in [0, 0.1) is 29.8 Å². The molecule has 1 saturated carbocycles. The zero-order valence-corrected chi connectivity index (χ0v) is 16.0. The summed E-state index contributed by atoms with van der Waals surface area (Å²) in [5.74, 6) is -3.88. The Bertz CT molecular complexity index is 1100. The summed E-state index contributed by atoms with van der Waals surface area (Å²) in [6.45, 7) is 1.39. The van der Waals surface area contributed by atoms with Crippen molar-refractivity contribution in [2.24, 2.45) is 5.41 Å². The van der Waals surface area contributed by atoms with Crippen molar-refractivity contribution in [1.29, 1.82) is 0 Å². The number of aryl methyl sites for hydroxylation is 1. The molecule has 0 aromatic heterocycles. The number of rotatable bonds is 4. The molecular weight excluding hydrogens is 392 g/mol. The second kappa shape index (κ2) is 6.44.